The molecular weight excluding hydrogens is 352 g/mol. The molecule has 2 aromatic carbocycles. The van der Waals surface area contributed by atoms with Gasteiger partial charge in [0.05, 0.1) is 12.8 Å². The number of rotatable bonds is 5. The lowest BCUT2D eigenvalue weighted by Gasteiger charge is -2.12. The lowest BCUT2D eigenvalue weighted by Crippen LogP contribution is -2.14. The van der Waals surface area contributed by atoms with Crippen LogP contribution in [0.1, 0.15) is 16.1 Å². The number of amides is 1. The van der Waals surface area contributed by atoms with Crippen molar-refractivity contribution in [1.29, 1.82) is 0 Å². The summed E-state index contributed by atoms with van der Waals surface area (Å²) in [5.74, 6) is -1.43. The molecule has 0 aliphatic carbocycles. The Balaban J connectivity index is 1.83. The Morgan fingerprint density at radius 3 is 2.52 bits per heavy atom. The van der Waals surface area contributed by atoms with Crippen molar-refractivity contribution in [2.45, 2.75) is 6.92 Å². The molecular formula is C20H17F2N3O2. The van der Waals surface area contributed by atoms with Gasteiger partial charge in [0.15, 0.2) is 0 Å². The van der Waals surface area contributed by atoms with Gasteiger partial charge in [0.2, 0.25) is 0 Å². The van der Waals surface area contributed by atoms with Crippen LogP contribution in [0.25, 0.3) is 0 Å². The van der Waals surface area contributed by atoms with Crippen molar-refractivity contribution in [2.24, 2.45) is 0 Å². The molecule has 0 atom stereocenters. The van der Waals surface area contributed by atoms with Crippen LogP contribution in [0.5, 0.6) is 5.75 Å². The van der Waals surface area contributed by atoms with Crippen molar-refractivity contribution < 1.29 is 18.3 Å². The molecule has 1 aromatic heterocycles. The molecule has 2 N–H and O–H groups in total. The van der Waals surface area contributed by atoms with E-state index in [2.05, 4.69) is 15.6 Å². The van der Waals surface area contributed by atoms with Gasteiger partial charge in [-0.1, -0.05) is 12.1 Å². The highest BCUT2D eigenvalue weighted by molar-refractivity contribution is 6.04. The Morgan fingerprint density at radius 2 is 1.81 bits per heavy atom. The van der Waals surface area contributed by atoms with E-state index in [1.165, 1.54) is 31.5 Å². The zero-order chi connectivity index (χ0) is 19.4. The van der Waals surface area contributed by atoms with E-state index in [9.17, 15) is 13.6 Å². The van der Waals surface area contributed by atoms with Crippen molar-refractivity contribution >= 4 is 23.0 Å². The first-order valence-electron chi connectivity index (χ1n) is 8.11. The minimum absolute atomic E-state index is 0.0836. The van der Waals surface area contributed by atoms with Gasteiger partial charge in [-0.25, -0.2) is 8.78 Å². The Labute approximate surface area is 155 Å². The van der Waals surface area contributed by atoms with Crippen LogP contribution in [0.15, 0.2) is 54.7 Å². The van der Waals surface area contributed by atoms with Crippen molar-refractivity contribution in [3.8, 4) is 5.75 Å². The number of hydrogen-bond donors (Lipinski definition) is 2. The van der Waals surface area contributed by atoms with Gasteiger partial charge >= 0.3 is 0 Å². The van der Waals surface area contributed by atoms with Crippen molar-refractivity contribution in [1.82, 2.24) is 4.98 Å². The monoisotopic (exact) mass is 369 g/mol. The lowest BCUT2D eigenvalue weighted by atomic mass is 10.2. The number of nitrogens with zero attached hydrogens (tertiary/aromatic N) is 1. The molecule has 0 radical (unpaired) electrons. The number of pyridine rings is 1. The van der Waals surface area contributed by atoms with E-state index in [0.717, 1.165) is 17.7 Å². The summed E-state index contributed by atoms with van der Waals surface area (Å²) in [5.41, 5.74) is 1.57. The summed E-state index contributed by atoms with van der Waals surface area (Å²) in [4.78, 5) is 16.5. The third-order valence-corrected chi connectivity index (χ3v) is 3.83. The highest BCUT2D eigenvalue weighted by Gasteiger charge is 2.13. The van der Waals surface area contributed by atoms with E-state index in [1.807, 2.05) is 13.0 Å². The summed E-state index contributed by atoms with van der Waals surface area (Å²) >= 11 is 0. The quantitative estimate of drug-likeness (QED) is 0.686. The number of benzene rings is 2. The summed E-state index contributed by atoms with van der Waals surface area (Å²) in [7, 11) is 1.51. The zero-order valence-corrected chi connectivity index (χ0v) is 14.7. The molecule has 3 rings (SSSR count). The molecule has 0 bridgehead atoms. The van der Waals surface area contributed by atoms with E-state index in [1.54, 1.807) is 12.1 Å². The Hall–Kier alpha value is -3.48. The zero-order valence-electron chi connectivity index (χ0n) is 14.7. The lowest BCUT2D eigenvalue weighted by molar-refractivity contribution is 0.102. The van der Waals surface area contributed by atoms with Gasteiger partial charge in [-0.05, 0) is 48.9 Å². The Kier molecular flexibility index (Phi) is 5.30. The summed E-state index contributed by atoms with van der Waals surface area (Å²) in [6.07, 6.45) is 1.38. The first kappa shape index (κ1) is 18.3. The largest absolute Gasteiger partial charge is 0.495 e. The van der Waals surface area contributed by atoms with Gasteiger partial charge in [0.1, 0.15) is 28.8 Å². The standard InChI is InChI=1S/C20H17F2N3O2/c1-12-6-7-18(27-2)16(10-12)25-20(26)17-11-13(8-9-23-17)24-19-14(21)4-3-5-15(19)22/h3-11H,1-2H3,(H,23,24)(H,25,26). The molecule has 0 aliphatic rings. The van der Waals surface area contributed by atoms with Gasteiger partial charge in [-0.3, -0.25) is 9.78 Å². The summed E-state index contributed by atoms with van der Waals surface area (Å²) in [5, 5.41) is 5.37. The minimum atomic E-state index is -0.734. The van der Waals surface area contributed by atoms with E-state index < -0.39 is 17.5 Å². The summed E-state index contributed by atoms with van der Waals surface area (Å²) in [6, 6.07) is 11.9. The molecule has 0 unspecified atom stereocenters. The average molecular weight is 369 g/mol. The van der Waals surface area contributed by atoms with Gasteiger partial charge in [-0.15, -0.1) is 0 Å². The molecule has 1 heterocycles. The van der Waals surface area contributed by atoms with Gasteiger partial charge < -0.3 is 15.4 Å². The molecule has 1 amide bonds. The van der Waals surface area contributed by atoms with E-state index in [4.69, 9.17) is 4.74 Å². The average Bonchev–Trinajstić information content (AvgIpc) is 2.65. The predicted molar refractivity (Wildman–Crippen MR) is 99.6 cm³/mol. The molecule has 138 valence electrons. The molecule has 0 spiro atoms. The number of aryl methyl sites for hydroxylation is 1. The number of carbonyl (C=O) groups is 1. The summed E-state index contributed by atoms with van der Waals surface area (Å²) in [6.45, 7) is 1.89. The van der Waals surface area contributed by atoms with Crippen LogP contribution >= 0.6 is 0 Å². The van der Waals surface area contributed by atoms with Crippen LogP contribution < -0.4 is 15.4 Å². The van der Waals surface area contributed by atoms with E-state index >= 15 is 0 Å². The number of para-hydroxylation sites is 1. The molecule has 3 aromatic rings. The smallest absolute Gasteiger partial charge is 0.274 e. The number of halogens is 2. The van der Waals surface area contributed by atoms with Crippen LogP contribution in [0.3, 0.4) is 0 Å². The molecule has 0 aliphatic heterocycles. The third-order valence-electron chi connectivity index (χ3n) is 3.83. The fourth-order valence-corrected chi connectivity index (χ4v) is 2.50. The predicted octanol–water partition coefficient (Wildman–Crippen LogP) is 4.67. The van der Waals surface area contributed by atoms with Crippen molar-refractivity contribution in [3.63, 3.8) is 0 Å². The number of aromatic nitrogens is 1. The number of hydrogen-bond acceptors (Lipinski definition) is 4. The second-order valence-corrected chi connectivity index (χ2v) is 5.81. The van der Waals surface area contributed by atoms with Crippen LogP contribution in [-0.2, 0) is 0 Å². The normalized spacial score (nSPS) is 10.4. The van der Waals surface area contributed by atoms with E-state index in [0.29, 0.717) is 17.1 Å². The molecule has 7 heteroatoms. The molecule has 5 nitrogen and oxygen atoms in total. The maximum atomic E-state index is 13.8. The number of nitrogens with one attached hydrogen (secondary N) is 2. The van der Waals surface area contributed by atoms with Crippen LogP contribution in [0, 0.1) is 18.6 Å². The number of ether oxygens (including phenoxy) is 1. The fraction of sp³-hybridized carbons (Fsp3) is 0.100. The third kappa shape index (κ3) is 4.20. The van der Waals surface area contributed by atoms with Crippen LogP contribution in [0.4, 0.5) is 25.8 Å². The van der Waals surface area contributed by atoms with Crippen molar-refractivity contribution in [2.75, 3.05) is 17.7 Å². The van der Waals surface area contributed by atoms with E-state index in [-0.39, 0.29) is 11.4 Å². The first-order valence-corrected chi connectivity index (χ1v) is 8.11. The second-order valence-electron chi connectivity index (χ2n) is 5.81. The molecule has 0 saturated heterocycles. The van der Waals surface area contributed by atoms with Gasteiger partial charge in [-0.2, -0.15) is 0 Å². The maximum Gasteiger partial charge on any atom is 0.274 e. The molecule has 0 fully saturated rings. The molecule has 27 heavy (non-hydrogen) atoms. The van der Waals surface area contributed by atoms with Crippen molar-refractivity contribution in [3.05, 3.63) is 77.6 Å². The second kappa shape index (κ2) is 7.82. The molecule has 0 saturated carbocycles. The van der Waals surface area contributed by atoms with Crippen LogP contribution in [-0.4, -0.2) is 18.0 Å². The Bertz CT molecular complexity index is 972. The fourth-order valence-electron chi connectivity index (χ4n) is 2.50. The number of methoxy groups -OCH3 is 1. The first-order chi connectivity index (χ1) is 13.0. The summed E-state index contributed by atoms with van der Waals surface area (Å²) < 4.78 is 32.8. The van der Waals surface area contributed by atoms with Gasteiger partial charge in [0, 0.05) is 11.9 Å². The topological polar surface area (TPSA) is 63.2 Å². The highest BCUT2D eigenvalue weighted by atomic mass is 19.1. The minimum Gasteiger partial charge on any atom is -0.495 e. The number of anilines is 3. The SMILES string of the molecule is COc1ccc(C)cc1NC(=O)c1cc(Nc2c(F)cccc2F)ccn1. The Morgan fingerprint density at radius 1 is 1.07 bits per heavy atom. The highest BCUT2D eigenvalue weighted by Crippen LogP contribution is 2.26. The number of carbonyl (C=O) groups excluding carboxylic acids is 1. The van der Waals surface area contributed by atoms with Crippen LogP contribution in [0.2, 0.25) is 0 Å². The van der Waals surface area contributed by atoms with Gasteiger partial charge in [0.25, 0.3) is 5.91 Å². The maximum absolute atomic E-state index is 13.8.